The summed E-state index contributed by atoms with van der Waals surface area (Å²) in [6.07, 6.45) is 20.7. The topological polar surface area (TPSA) is 84.6 Å². The number of nitro benzene ring substituents is 1. The Morgan fingerprint density at radius 2 is 1.17 bits per heavy atom. The van der Waals surface area contributed by atoms with Crippen molar-refractivity contribution < 1.29 is 9.72 Å². The number of nitrogens with one attached hydrogen (secondary N) is 1. The molecule has 6 nitrogen and oxygen atoms in total. The molecule has 0 unspecified atom stereocenters. The lowest BCUT2D eigenvalue weighted by Crippen LogP contribution is -2.18. The Balaban J connectivity index is 2.43. The van der Waals surface area contributed by atoms with Crippen LogP contribution in [-0.2, 0) is 0 Å². The molecule has 0 aromatic heterocycles. The zero-order valence-electron chi connectivity index (χ0n) is 22.5. The van der Waals surface area contributed by atoms with Gasteiger partial charge >= 0.3 is 0 Å². The summed E-state index contributed by atoms with van der Waals surface area (Å²) in [6, 6.07) is 5.61. The molecule has 1 aromatic carbocycles. The largest absolute Gasteiger partial charge is 0.271 e. The molecule has 1 N–H and O–H groups in total. The van der Waals surface area contributed by atoms with Gasteiger partial charge in [-0.3, -0.25) is 14.9 Å². The maximum Gasteiger partial charge on any atom is 0.271 e. The lowest BCUT2D eigenvalue weighted by Gasteiger charge is -2.08. The summed E-state index contributed by atoms with van der Waals surface area (Å²) >= 11 is 3.45. The van der Waals surface area contributed by atoms with E-state index >= 15 is 0 Å². The van der Waals surface area contributed by atoms with Crippen molar-refractivity contribution in [1.82, 2.24) is 5.43 Å². The number of non-ortho nitro benzene ring substituents is 1. The van der Waals surface area contributed by atoms with Gasteiger partial charge < -0.3 is 0 Å². The fourth-order valence-corrected chi connectivity index (χ4v) is 5.89. The molecule has 0 radical (unpaired) electrons. The zero-order valence-corrected chi connectivity index (χ0v) is 24.1. The van der Waals surface area contributed by atoms with Crippen molar-refractivity contribution in [2.24, 2.45) is 5.10 Å². The fraction of sp³-hybridized carbons (Fsp3) is 0.714. The molecule has 36 heavy (non-hydrogen) atoms. The van der Waals surface area contributed by atoms with Crippen LogP contribution >= 0.6 is 23.5 Å². The molecule has 0 bridgehead atoms. The number of hydrazone groups is 1. The molecule has 0 saturated carbocycles. The highest BCUT2D eigenvalue weighted by atomic mass is 32.2. The first kappa shape index (κ1) is 32.5. The van der Waals surface area contributed by atoms with Crippen LogP contribution in [0.25, 0.3) is 0 Å². The Morgan fingerprint density at radius 3 is 1.58 bits per heavy atom. The number of amides is 1. The van der Waals surface area contributed by atoms with E-state index in [1.165, 1.54) is 114 Å². The Labute approximate surface area is 227 Å². The van der Waals surface area contributed by atoms with Gasteiger partial charge in [0.05, 0.1) is 4.92 Å². The Morgan fingerprint density at radius 1 is 0.750 bits per heavy atom. The van der Waals surface area contributed by atoms with Gasteiger partial charge in [-0.15, -0.1) is 0 Å². The number of hydrogen-bond acceptors (Lipinski definition) is 6. The van der Waals surface area contributed by atoms with E-state index in [0.29, 0.717) is 5.56 Å². The van der Waals surface area contributed by atoms with Gasteiger partial charge in [-0.05, 0) is 25.0 Å². The van der Waals surface area contributed by atoms with Gasteiger partial charge in [0.25, 0.3) is 11.6 Å². The molecule has 0 fully saturated rings. The molecule has 0 heterocycles. The summed E-state index contributed by atoms with van der Waals surface area (Å²) in [4.78, 5) is 22.8. The highest BCUT2D eigenvalue weighted by Crippen LogP contribution is 2.21. The van der Waals surface area contributed by atoms with E-state index in [2.05, 4.69) is 24.4 Å². The summed E-state index contributed by atoms with van der Waals surface area (Å²) in [5, 5.41) is 15.2. The summed E-state index contributed by atoms with van der Waals surface area (Å²) in [5.74, 6) is 1.67. The van der Waals surface area contributed by atoms with Gasteiger partial charge in [0.1, 0.15) is 4.38 Å². The van der Waals surface area contributed by atoms with Crippen LogP contribution in [0.2, 0.25) is 0 Å². The molecule has 0 aliphatic carbocycles. The lowest BCUT2D eigenvalue weighted by atomic mass is 10.1. The number of nitro groups is 1. The van der Waals surface area contributed by atoms with E-state index in [1.54, 1.807) is 23.5 Å². The fourth-order valence-electron chi connectivity index (χ4n) is 3.79. The van der Waals surface area contributed by atoms with E-state index in [1.807, 2.05) is 0 Å². The van der Waals surface area contributed by atoms with E-state index in [9.17, 15) is 14.9 Å². The first-order valence-corrected chi connectivity index (χ1v) is 15.9. The predicted octanol–water partition coefficient (Wildman–Crippen LogP) is 9.34. The second-order valence-electron chi connectivity index (χ2n) is 9.27. The van der Waals surface area contributed by atoms with E-state index in [0.717, 1.165) is 28.7 Å². The number of carbonyl (C=O) groups is 1. The second-order valence-corrected chi connectivity index (χ2v) is 11.7. The molecule has 1 amide bonds. The molecular weight excluding hydrogens is 490 g/mol. The van der Waals surface area contributed by atoms with Gasteiger partial charge in [-0.1, -0.05) is 127 Å². The second kappa shape index (κ2) is 22.6. The van der Waals surface area contributed by atoms with E-state index in [-0.39, 0.29) is 11.6 Å². The molecule has 0 saturated heterocycles. The number of nitrogens with zero attached hydrogens (tertiary/aromatic N) is 2. The Hall–Kier alpha value is -1.54. The summed E-state index contributed by atoms with van der Waals surface area (Å²) < 4.78 is 0.899. The molecule has 8 heteroatoms. The Kier molecular flexibility index (Phi) is 20.4. The number of rotatable bonds is 21. The van der Waals surface area contributed by atoms with Crippen LogP contribution in [0, 0.1) is 10.1 Å². The number of carbonyl (C=O) groups excluding carboxylic acids is 1. The molecular formula is C28H47N3O3S2. The van der Waals surface area contributed by atoms with Crippen LogP contribution < -0.4 is 5.43 Å². The monoisotopic (exact) mass is 537 g/mol. The van der Waals surface area contributed by atoms with Crippen molar-refractivity contribution in [2.45, 2.75) is 117 Å². The first-order chi connectivity index (χ1) is 17.6. The molecule has 0 aliphatic heterocycles. The van der Waals surface area contributed by atoms with Crippen LogP contribution in [-0.4, -0.2) is 26.7 Å². The minimum absolute atomic E-state index is 0.0300. The van der Waals surface area contributed by atoms with Gasteiger partial charge in [0.15, 0.2) is 0 Å². The van der Waals surface area contributed by atoms with E-state index < -0.39 is 4.92 Å². The molecule has 0 spiro atoms. The van der Waals surface area contributed by atoms with Crippen molar-refractivity contribution in [1.29, 1.82) is 0 Å². The average Bonchev–Trinajstić information content (AvgIpc) is 2.89. The van der Waals surface area contributed by atoms with Gasteiger partial charge in [-0.2, -0.15) is 5.10 Å². The average molecular weight is 538 g/mol. The third-order valence-corrected chi connectivity index (χ3v) is 8.41. The van der Waals surface area contributed by atoms with Gasteiger partial charge in [-0.25, -0.2) is 5.43 Å². The quantitative estimate of drug-likeness (QED) is 0.0555. The Bertz CT molecular complexity index is 718. The molecule has 204 valence electrons. The van der Waals surface area contributed by atoms with Gasteiger partial charge in [0.2, 0.25) is 0 Å². The summed E-state index contributed by atoms with van der Waals surface area (Å²) in [7, 11) is 0. The van der Waals surface area contributed by atoms with Crippen LogP contribution in [0.15, 0.2) is 29.4 Å². The smallest absolute Gasteiger partial charge is 0.267 e. The van der Waals surface area contributed by atoms with E-state index in [4.69, 9.17) is 0 Å². The van der Waals surface area contributed by atoms with Crippen molar-refractivity contribution in [3.63, 3.8) is 0 Å². The predicted molar refractivity (Wildman–Crippen MR) is 158 cm³/mol. The summed E-state index contributed by atoms with van der Waals surface area (Å²) in [6.45, 7) is 4.49. The number of hydrogen-bond donors (Lipinski definition) is 1. The van der Waals surface area contributed by atoms with Crippen molar-refractivity contribution in [2.75, 3.05) is 11.5 Å². The highest BCUT2D eigenvalue weighted by molar-refractivity contribution is 8.38. The van der Waals surface area contributed by atoms with Gasteiger partial charge in [0, 0.05) is 29.2 Å². The SMILES string of the molecule is CCCCCCCCCCSC(=NNC(=O)c1ccc([N+](=O)[O-])cc1)SCCCCCCCCCC. The standard InChI is InChI=1S/C28H47N3O3S2/c1-3-5-7-9-11-13-15-17-23-35-28(36-24-18-16-14-12-10-8-6-4-2)30-29-27(32)25-19-21-26(22-20-25)31(33)34/h19-22H,3-18,23-24H2,1-2H3,(H,29,32). The zero-order chi connectivity index (χ0) is 26.3. The molecule has 1 rings (SSSR count). The van der Waals surface area contributed by atoms with Crippen LogP contribution in [0.1, 0.15) is 127 Å². The van der Waals surface area contributed by atoms with Crippen LogP contribution in [0.4, 0.5) is 5.69 Å². The maximum atomic E-state index is 12.5. The lowest BCUT2D eigenvalue weighted by molar-refractivity contribution is -0.384. The number of benzene rings is 1. The van der Waals surface area contributed by atoms with Crippen molar-refractivity contribution >= 4 is 39.5 Å². The highest BCUT2D eigenvalue weighted by Gasteiger charge is 2.10. The van der Waals surface area contributed by atoms with Crippen LogP contribution in [0.5, 0.6) is 0 Å². The molecule has 1 aromatic rings. The maximum absolute atomic E-state index is 12.5. The van der Waals surface area contributed by atoms with Crippen LogP contribution in [0.3, 0.4) is 0 Å². The minimum atomic E-state index is -0.471. The van der Waals surface area contributed by atoms with Crippen molar-refractivity contribution in [3.05, 3.63) is 39.9 Å². The minimum Gasteiger partial charge on any atom is -0.267 e. The third kappa shape index (κ3) is 17.0. The summed E-state index contributed by atoms with van der Waals surface area (Å²) in [5.41, 5.74) is 2.98. The first-order valence-electron chi connectivity index (χ1n) is 14.0. The molecule has 0 aliphatic rings. The number of unbranched alkanes of at least 4 members (excludes halogenated alkanes) is 14. The third-order valence-electron chi connectivity index (χ3n) is 6.04. The normalized spacial score (nSPS) is 10.8. The molecule has 0 atom stereocenters. The van der Waals surface area contributed by atoms with Crippen molar-refractivity contribution in [3.8, 4) is 0 Å². The number of thioether (sulfide) groups is 2.